The van der Waals surface area contributed by atoms with Gasteiger partial charge in [0.05, 0.1) is 24.3 Å². The van der Waals surface area contributed by atoms with Crippen LogP contribution in [0, 0.1) is 5.41 Å². The minimum absolute atomic E-state index is 0.0337. The van der Waals surface area contributed by atoms with E-state index in [9.17, 15) is 27.6 Å². The highest BCUT2D eigenvalue weighted by molar-refractivity contribution is 6.05. The van der Waals surface area contributed by atoms with Crippen LogP contribution < -0.4 is 4.74 Å². The highest BCUT2D eigenvalue weighted by Crippen LogP contribution is 2.45. The van der Waals surface area contributed by atoms with E-state index in [0.717, 1.165) is 43.6 Å². The molecule has 7 nitrogen and oxygen atoms in total. The van der Waals surface area contributed by atoms with Crippen LogP contribution in [0.15, 0.2) is 42.5 Å². The Balaban J connectivity index is 1.24. The summed E-state index contributed by atoms with van der Waals surface area (Å²) in [7, 11) is 0. The van der Waals surface area contributed by atoms with E-state index in [1.807, 2.05) is 18.2 Å². The number of rotatable bonds is 6. The van der Waals surface area contributed by atoms with Gasteiger partial charge in [0, 0.05) is 11.6 Å². The molecule has 0 aromatic heterocycles. The SMILES string of the molecule is CCOC(=O)c1cccc(C2CCN([C@@H]3CC[C@](C(C)=O)(C(=O)N4COc5ccc(C(F)(F)F)cc5C4)C3)CC2)c1. The number of fused-ring (bicyclic) bond motifs is 1. The number of benzene rings is 2. The molecule has 2 atom stereocenters. The zero-order valence-corrected chi connectivity index (χ0v) is 23.3. The number of amides is 1. The second kappa shape index (κ2) is 11.5. The molecule has 0 spiro atoms. The van der Waals surface area contributed by atoms with Crippen LogP contribution in [0.5, 0.6) is 5.75 Å². The van der Waals surface area contributed by atoms with Gasteiger partial charge in [0.2, 0.25) is 5.91 Å². The fraction of sp³-hybridized carbons (Fsp3) is 0.516. The lowest BCUT2D eigenvalue weighted by molar-refractivity contribution is -0.152. The molecule has 2 fully saturated rings. The van der Waals surface area contributed by atoms with Gasteiger partial charge in [-0.05, 0) is 101 Å². The Morgan fingerprint density at radius 1 is 1.07 bits per heavy atom. The molecule has 1 saturated carbocycles. The highest BCUT2D eigenvalue weighted by atomic mass is 19.4. The van der Waals surface area contributed by atoms with Crippen molar-refractivity contribution in [2.75, 3.05) is 26.4 Å². The first-order valence-electron chi connectivity index (χ1n) is 14.2. The molecular formula is C31H35F3N2O5. The molecule has 2 heterocycles. The normalized spacial score (nSPS) is 23.5. The molecule has 0 radical (unpaired) electrons. The second-order valence-electron chi connectivity index (χ2n) is 11.3. The molecule has 2 aromatic carbocycles. The lowest BCUT2D eigenvalue weighted by Crippen LogP contribution is -2.50. The molecule has 0 bridgehead atoms. The monoisotopic (exact) mass is 572 g/mol. The summed E-state index contributed by atoms with van der Waals surface area (Å²) in [6.45, 7) is 5.01. The average molecular weight is 573 g/mol. The third kappa shape index (κ3) is 5.84. The standard InChI is InChI=1S/C31H35F3N2O5/c1-3-40-28(38)23-6-4-5-22(15-23)21-10-13-35(14-11-21)26-9-12-30(17-26,20(2)37)29(39)36-18-24-16-25(31(32,33)34)7-8-27(24)41-19-36/h4-8,15-16,21,26H,3,9-14,17-19H2,1-2H3/t26-,30+/m1/s1. The smallest absolute Gasteiger partial charge is 0.416 e. The quantitative estimate of drug-likeness (QED) is 0.333. The second-order valence-corrected chi connectivity index (χ2v) is 11.3. The number of esters is 1. The molecule has 2 aliphatic heterocycles. The van der Waals surface area contributed by atoms with Crippen LogP contribution in [-0.4, -0.2) is 59.9 Å². The number of nitrogens with zero attached hydrogens (tertiary/aromatic N) is 2. The maximum atomic E-state index is 13.8. The van der Waals surface area contributed by atoms with Gasteiger partial charge in [-0.1, -0.05) is 12.1 Å². The van der Waals surface area contributed by atoms with Crippen LogP contribution in [0.3, 0.4) is 0 Å². The van der Waals surface area contributed by atoms with E-state index in [0.29, 0.717) is 43.1 Å². The first-order chi connectivity index (χ1) is 19.5. The maximum Gasteiger partial charge on any atom is 0.416 e. The number of ketones is 1. The van der Waals surface area contributed by atoms with Crippen molar-refractivity contribution in [1.29, 1.82) is 0 Å². The third-order valence-corrected chi connectivity index (χ3v) is 8.90. The van der Waals surface area contributed by atoms with Crippen molar-refractivity contribution in [3.05, 3.63) is 64.7 Å². The highest BCUT2D eigenvalue weighted by Gasteiger charge is 2.52. The van der Waals surface area contributed by atoms with Crippen molar-refractivity contribution in [1.82, 2.24) is 9.80 Å². The predicted octanol–water partition coefficient (Wildman–Crippen LogP) is 5.57. The molecule has 1 amide bonds. The lowest BCUT2D eigenvalue weighted by atomic mass is 9.80. The third-order valence-electron chi connectivity index (χ3n) is 8.90. The molecule has 3 aliphatic rings. The van der Waals surface area contributed by atoms with Gasteiger partial charge in [0.25, 0.3) is 0 Å². The van der Waals surface area contributed by atoms with Gasteiger partial charge in [0.15, 0.2) is 6.73 Å². The molecule has 1 saturated heterocycles. The summed E-state index contributed by atoms with van der Waals surface area (Å²) in [6, 6.07) is 10.9. The Bertz CT molecular complexity index is 1320. The van der Waals surface area contributed by atoms with Crippen molar-refractivity contribution in [2.24, 2.45) is 5.41 Å². The number of hydrogen-bond acceptors (Lipinski definition) is 6. The minimum Gasteiger partial charge on any atom is -0.473 e. The summed E-state index contributed by atoms with van der Waals surface area (Å²) in [5.41, 5.74) is -0.0767. The van der Waals surface area contributed by atoms with Crippen molar-refractivity contribution < 1.29 is 37.0 Å². The first kappa shape index (κ1) is 29.1. The summed E-state index contributed by atoms with van der Waals surface area (Å²) >= 11 is 0. The largest absolute Gasteiger partial charge is 0.473 e. The molecule has 220 valence electrons. The number of carbonyl (C=O) groups is 3. The van der Waals surface area contributed by atoms with E-state index in [4.69, 9.17) is 9.47 Å². The summed E-state index contributed by atoms with van der Waals surface area (Å²) in [4.78, 5) is 42.7. The average Bonchev–Trinajstić information content (AvgIpc) is 3.43. The van der Waals surface area contributed by atoms with Crippen LogP contribution in [0.1, 0.15) is 78.9 Å². The topological polar surface area (TPSA) is 76.2 Å². The predicted molar refractivity (Wildman–Crippen MR) is 144 cm³/mol. The molecule has 2 aromatic rings. The molecule has 10 heteroatoms. The minimum atomic E-state index is -4.50. The number of ether oxygens (including phenoxy) is 2. The molecule has 0 N–H and O–H groups in total. The molecule has 5 rings (SSSR count). The van der Waals surface area contributed by atoms with E-state index in [2.05, 4.69) is 4.90 Å². The van der Waals surface area contributed by atoms with Crippen LogP contribution in [0.25, 0.3) is 0 Å². The maximum absolute atomic E-state index is 13.8. The van der Waals surface area contributed by atoms with Crippen molar-refractivity contribution in [3.8, 4) is 5.75 Å². The van der Waals surface area contributed by atoms with E-state index < -0.39 is 17.2 Å². The zero-order valence-electron chi connectivity index (χ0n) is 23.3. The summed E-state index contributed by atoms with van der Waals surface area (Å²) in [5.74, 6) is -0.301. The molecule has 1 aliphatic carbocycles. The Labute approximate surface area is 237 Å². The Hall–Kier alpha value is -3.40. The Morgan fingerprint density at radius 3 is 2.51 bits per heavy atom. The summed E-state index contributed by atoms with van der Waals surface area (Å²) < 4.78 is 50.5. The Morgan fingerprint density at radius 2 is 1.83 bits per heavy atom. The summed E-state index contributed by atoms with van der Waals surface area (Å²) in [6.07, 6.45) is -1.24. The number of halogens is 3. The van der Waals surface area contributed by atoms with E-state index in [-0.39, 0.29) is 42.5 Å². The van der Waals surface area contributed by atoms with Gasteiger partial charge in [-0.15, -0.1) is 0 Å². The van der Waals surface area contributed by atoms with E-state index >= 15 is 0 Å². The number of carbonyl (C=O) groups excluding carboxylic acids is 3. The van der Waals surface area contributed by atoms with Gasteiger partial charge in [-0.2, -0.15) is 13.2 Å². The lowest BCUT2D eigenvalue weighted by Gasteiger charge is -2.38. The van der Waals surface area contributed by atoms with Crippen LogP contribution in [0.2, 0.25) is 0 Å². The number of alkyl halides is 3. The number of likely N-dealkylation sites (tertiary alicyclic amines) is 1. The van der Waals surface area contributed by atoms with Crippen LogP contribution in [-0.2, 0) is 27.0 Å². The van der Waals surface area contributed by atoms with Crippen molar-refractivity contribution >= 4 is 17.7 Å². The number of piperidine rings is 1. The number of hydrogen-bond donors (Lipinski definition) is 0. The first-order valence-corrected chi connectivity index (χ1v) is 14.2. The zero-order chi connectivity index (χ0) is 29.4. The van der Waals surface area contributed by atoms with Gasteiger partial charge in [-0.3, -0.25) is 9.59 Å². The van der Waals surface area contributed by atoms with E-state index in [1.54, 1.807) is 13.0 Å². The van der Waals surface area contributed by atoms with Gasteiger partial charge >= 0.3 is 12.1 Å². The van der Waals surface area contributed by atoms with Crippen LogP contribution >= 0.6 is 0 Å². The fourth-order valence-electron chi connectivity index (χ4n) is 6.58. The number of Topliss-reactive ketones (excluding diaryl/α,β-unsaturated/α-hetero) is 1. The molecule has 0 unspecified atom stereocenters. The van der Waals surface area contributed by atoms with Gasteiger partial charge in [-0.25, -0.2) is 4.79 Å². The molecular weight excluding hydrogens is 537 g/mol. The van der Waals surface area contributed by atoms with Crippen LogP contribution in [0.4, 0.5) is 13.2 Å². The van der Waals surface area contributed by atoms with E-state index in [1.165, 1.54) is 17.9 Å². The van der Waals surface area contributed by atoms with Gasteiger partial charge in [0.1, 0.15) is 16.9 Å². The molecule has 41 heavy (non-hydrogen) atoms. The van der Waals surface area contributed by atoms with Crippen molar-refractivity contribution in [2.45, 2.75) is 70.6 Å². The Kier molecular flexibility index (Phi) is 8.14. The fourth-order valence-corrected chi connectivity index (χ4v) is 6.58. The van der Waals surface area contributed by atoms with Crippen molar-refractivity contribution in [3.63, 3.8) is 0 Å². The summed E-state index contributed by atoms with van der Waals surface area (Å²) in [5, 5.41) is 0. The van der Waals surface area contributed by atoms with Gasteiger partial charge < -0.3 is 19.3 Å².